The van der Waals surface area contributed by atoms with Gasteiger partial charge in [-0.1, -0.05) is 30.3 Å². The average Bonchev–Trinajstić information content (AvgIpc) is 2.89. The second-order valence-corrected chi connectivity index (χ2v) is 5.07. The van der Waals surface area contributed by atoms with Crippen molar-refractivity contribution in [1.29, 1.82) is 5.26 Å². The van der Waals surface area contributed by atoms with E-state index in [9.17, 15) is 15.2 Å². The zero-order chi connectivity index (χ0) is 16.4. The van der Waals surface area contributed by atoms with Crippen LogP contribution in [0.1, 0.15) is 27.2 Å². The fourth-order valence-corrected chi connectivity index (χ4v) is 2.46. The molecule has 0 radical (unpaired) electrons. The lowest BCUT2D eigenvalue weighted by molar-refractivity contribution is 0.0697. The van der Waals surface area contributed by atoms with Crippen LogP contribution in [0.3, 0.4) is 0 Å². The van der Waals surface area contributed by atoms with Gasteiger partial charge in [0, 0.05) is 11.5 Å². The van der Waals surface area contributed by atoms with Gasteiger partial charge >= 0.3 is 5.97 Å². The summed E-state index contributed by atoms with van der Waals surface area (Å²) >= 11 is 0. The molecule has 1 heterocycles. The Morgan fingerprint density at radius 1 is 1.30 bits per heavy atom. The largest absolute Gasteiger partial charge is 0.489 e. The highest BCUT2D eigenvalue weighted by Crippen LogP contribution is 2.32. The van der Waals surface area contributed by atoms with Crippen molar-refractivity contribution >= 4 is 16.9 Å². The van der Waals surface area contributed by atoms with Gasteiger partial charge in [0.2, 0.25) is 0 Å². The number of carbonyl (C=O) groups is 1. The molecular weight excluding hydrogens is 294 g/mol. The summed E-state index contributed by atoms with van der Waals surface area (Å²) in [6.45, 7) is 1.89. The van der Waals surface area contributed by atoms with E-state index in [4.69, 9.17) is 9.15 Å². The van der Waals surface area contributed by atoms with Crippen molar-refractivity contribution in [2.75, 3.05) is 0 Å². The van der Waals surface area contributed by atoms with Crippen molar-refractivity contribution in [1.82, 2.24) is 0 Å². The van der Waals surface area contributed by atoms with Crippen LogP contribution in [0, 0.1) is 18.3 Å². The minimum Gasteiger partial charge on any atom is -0.489 e. The molecule has 0 saturated carbocycles. The van der Waals surface area contributed by atoms with Crippen molar-refractivity contribution in [3.05, 3.63) is 64.9 Å². The maximum Gasteiger partial charge on any atom is 0.339 e. The van der Waals surface area contributed by atoms with E-state index in [2.05, 4.69) is 0 Å². The van der Waals surface area contributed by atoms with E-state index in [0.29, 0.717) is 17.7 Å². The molecule has 3 aromatic rings. The molecule has 3 rings (SSSR count). The second kappa shape index (κ2) is 5.85. The maximum atomic E-state index is 11.4. The highest BCUT2D eigenvalue weighted by molar-refractivity contribution is 6.05. The molecule has 1 aromatic heterocycles. The minimum absolute atomic E-state index is 0.0571. The third kappa shape index (κ3) is 2.74. The average molecular weight is 307 g/mol. The summed E-state index contributed by atoms with van der Waals surface area (Å²) in [4.78, 5) is 11.4. The fraction of sp³-hybridized carbons (Fsp3) is 0.111. The Hall–Kier alpha value is -3.26. The SMILES string of the molecule is Cc1oc2c(C#N)cc(OCc3ccccc3)cc2c1C(=O)O. The van der Waals surface area contributed by atoms with Gasteiger partial charge in [0.1, 0.15) is 29.7 Å². The molecule has 0 unspecified atom stereocenters. The number of aromatic carboxylic acids is 1. The van der Waals surface area contributed by atoms with Crippen LogP contribution in [0.25, 0.3) is 11.0 Å². The molecule has 2 aromatic carbocycles. The summed E-state index contributed by atoms with van der Waals surface area (Å²) < 4.78 is 11.1. The number of furan rings is 1. The van der Waals surface area contributed by atoms with E-state index >= 15 is 0 Å². The van der Waals surface area contributed by atoms with Gasteiger partial charge in [0.05, 0.1) is 5.56 Å². The second-order valence-electron chi connectivity index (χ2n) is 5.07. The lowest BCUT2D eigenvalue weighted by Gasteiger charge is -2.07. The number of carboxylic acids is 1. The molecule has 0 atom stereocenters. The molecule has 0 aliphatic carbocycles. The van der Waals surface area contributed by atoms with Crippen molar-refractivity contribution in [2.45, 2.75) is 13.5 Å². The molecule has 0 aliphatic heterocycles. The van der Waals surface area contributed by atoms with E-state index in [1.54, 1.807) is 19.1 Å². The Balaban J connectivity index is 2.03. The zero-order valence-corrected chi connectivity index (χ0v) is 12.4. The van der Waals surface area contributed by atoms with Gasteiger partial charge in [-0.15, -0.1) is 0 Å². The lowest BCUT2D eigenvalue weighted by atomic mass is 10.1. The van der Waals surface area contributed by atoms with Gasteiger partial charge in [0.15, 0.2) is 5.58 Å². The summed E-state index contributed by atoms with van der Waals surface area (Å²) in [5, 5.41) is 19.0. The topological polar surface area (TPSA) is 83.5 Å². The quantitative estimate of drug-likeness (QED) is 0.790. The third-order valence-corrected chi connectivity index (χ3v) is 3.52. The van der Waals surface area contributed by atoms with Crippen molar-refractivity contribution in [3.63, 3.8) is 0 Å². The summed E-state index contributed by atoms with van der Waals surface area (Å²) in [6.07, 6.45) is 0. The van der Waals surface area contributed by atoms with Crippen molar-refractivity contribution < 1.29 is 19.1 Å². The molecule has 0 aliphatic rings. The predicted octanol–water partition coefficient (Wildman–Crippen LogP) is 3.89. The van der Waals surface area contributed by atoms with E-state index in [1.807, 2.05) is 36.4 Å². The van der Waals surface area contributed by atoms with E-state index in [1.165, 1.54) is 0 Å². The smallest absolute Gasteiger partial charge is 0.339 e. The van der Waals surface area contributed by atoms with Crippen LogP contribution in [0.5, 0.6) is 5.75 Å². The molecule has 0 amide bonds. The molecule has 0 bridgehead atoms. The molecule has 114 valence electrons. The number of aryl methyl sites for hydroxylation is 1. The van der Waals surface area contributed by atoms with Gasteiger partial charge in [0.25, 0.3) is 0 Å². The lowest BCUT2D eigenvalue weighted by Crippen LogP contribution is -1.98. The summed E-state index contributed by atoms with van der Waals surface area (Å²) in [6, 6.07) is 14.8. The number of hydrogen-bond acceptors (Lipinski definition) is 4. The highest BCUT2D eigenvalue weighted by atomic mass is 16.5. The Kier molecular flexibility index (Phi) is 3.73. The number of hydrogen-bond donors (Lipinski definition) is 1. The predicted molar refractivity (Wildman–Crippen MR) is 83.4 cm³/mol. The zero-order valence-electron chi connectivity index (χ0n) is 12.4. The summed E-state index contributed by atoms with van der Waals surface area (Å²) in [5.41, 5.74) is 1.56. The Morgan fingerprint density at radius 3 is 2.70 bits per heavy atom. The molecule has 5 nitrogen and oxygen atoms in total. The standard InChI is InChI=1S/C18H13NO4/c1-11-16(18(20)21)15-8-14(7-13(9-19)17(15)23-11)22-10-12-5-3-2-4-6-12/h2-8H,10H2,1H3,(H,20,21). The molecular formula is C18H13NO4. The molecule has 5 heteroatoms. The van der Waals surface area contributed by atoms with Crippen LogP contribution in [0.15, 0.2) is 46.9 Å². The number of nitriles is 1. The monoisotopic (exact) mass is 307 g/mol. The van der Waals surface area contributed by atoms with Crippen LogP contribution in [0.2, 0.25) is 0 Å². The fourth-order valence-electron chi connectivity index (χ4n) is 2.46. The molecule has 1 N–H and O–H groups in total. The maximum absolute atomic E-state index is 11.4. The van der Waals surface area contributed by atoms with Crippen LogP contribution < -0.4 is 4.74 Å². The van der Waals surface area contributed by atoms with E-state index < -0.39 is 5.97 Å². The Morgan fingerprint density at radius 2 is 2.04 bits per heavy atom. The van der Waals surface area contributed by atoms with Gasteiger partial charge in [-0.05, 0) is 18.6 Å². The van der Waals surface area contributed by atoms with E-state index in [-0.39, 0.29) is 22.5 Å². The Bertz CT molecular complexity index is 920. The van der Waals surface area contributed by atoms with Crippen LogP contribution in [-0.4, -0.2) is 11.1 Å². The third-order valence-electron chi connectivity index (χ3n) is 3.52. The number of fused-ring (bicyclic) bond motifs is 1. The van der Waals surface area contributed by atoms with Crippen LogP contribution >= 0.6 is 0 Å². The number of rotatable bonds is 4. The number of carboxylic acid groups (broad SMARTS) is 1. The molecule has 0 spiro atoms. The van der Waals surface area contributed by atoms with Crippen molar-refractivity contribution in [2.24, 2.45) is 0 Å². The van der Waals surface area contributed by atoms with Gasteiger partial charge in [-0.25, -0.2) is 4.79 Å². The van der Waals surface area contributed by atoms with E-state index in [0.717, 1.165) is 5.56 Å². The van der Waals surface area contributed by atoms with Gasteiger partial charge in [-0.3, -0.25) is 0 Å². The van der Waals surface area contributed by atoms with Gasteiger partial charge in [-0.2, -0.15) is 5.26 Å². The van der Waals surface area contributed by atoms with Crippen LogP contribution in [-0.2, 0) is 6.61 Å². The molecule has 0 saturated heterocycles. The molecule has 0 fully saturated rings. The first kappa shape index (κ1) is 14.7. The summed E-state index contributed by atoms with van der Waals surface area (Å²) in [5.74, 6) is -0.393. The first-order valence-electron chi connectivity index (χ1n) is 6.97. The number of benzene rings is 2. The number of ether oxygens (including phenoxy) is 1. The summed E-state index contributed by atoms with van der Waals surface area (Å²) in [7, 11) is 0. The first-order chi connectivity index (χ1) is 11.1. The Labute approximate surface area is 132 Å². The minimum atomic E-state index is -1.09. The highest BCUT2D eigenvalue weighted by Gasteiger charge is 2.20. The number of nitrogens with zero attached hydrogens (tertiary/aromatic N) is 1. The normalized spacial score (nSPS) is 10.4. The first-order valence-corrected chi connectivity index (χ1v) is 6.97. The van der Waals surface area contributed by atoms with Crippen LogP contribution in [0.4, 0.5) is 0 Å². The van der Waals surface area contributed by atoms with Gasteiger partial charge < -0.3 is 14.3 Å². The molecule has 23 heavy (non-hydrogen) atoms. The van der Waals surface area contributed by atoms with Crippen molar-refractivity contribution in [3.8, 4) is 11.8 Å².